The minimum absolute atomic E-state index is 0.0213. The molecule has 0 aliphatic carbocycles. The van der Waals surface area contributed by atoms with E-state index in [-0.39, 0.29) is 18.1 Å². The summed E-state index contributed by atoms with van der Waals surface area (Å²) in [5.74, 6) is -0.373. The number of benzene rings is 1. The molecule has 0 unspecified atom stereocenters. The van der Waals surface area contributed by atoms with Gasteiger partial charge in [0.1, 0.15) is 5.69 Å². The number of hydrogen-bond acceptors (Lipinski definition) is 4. The van der Waals surface area contributed by atoms with Crippen LogP contribution < -0.4 is 10.6 Å². The molecule has 0 saturated carbocycles. The maximum absolute atomic E-state index is 12.4. The van der Waals surface area contributed by atoms with Crippen LogP contribution in [0.4, 0.5) is 20.2 Å². The quantitative estimate of drug-likeness (QED) is 0.622. The molecule has 1 amide bonds. The zero-order chi connectivity index (χ0) is 13.7. The first-order chi connectivity index (χ1) is 8.45. The van der Waals surface area contributed by atoms with Gasteiger partial charge in [0, 0.05) is 18.7 Å². The number of nitro groups is 1. The van der Waals surface area contributed by atoms with Gasteiger partial charge in [-0.1, -0.05) is 6.07 Å². The smallest absolute Gasteiger partial charge is 0.292 e. The van der Waals surface area contributed by atoms with Crippen molar-refractivity contribution in [3.05, 3.63) is 33.9 Å². The van der Waals surface area contributed by atoms with Gasteiger partial charge in [-0.15, -0.1) is 0 Å². The molecule has 0 aromatic heterocycles. The monoisotopic (exact) mass is 259 g/mol. The molecule has 6 nitrogen and oxygen atoms in total. The number of anilines is 1. The number of likely N-dealkylation sites (N-methyl/N-ethyl adjacent to an activating group) is 1. The van der Waals surface area contributed by atoms with Gasteiger partial charge < -0.3 is 10.6 Å². The van der Waals surface area contributed by atoms with Gasteiger partial charge in [0.05, 0.1) is 11.5 Å². The van der Waals surface area contributed by atoms with E-state index in [2.05, 4.69) is 10.6 Å². The van der Waals surface area contributed by atoms with Crippen molar-refractivity contribution in [3.8, 4) is 0 Å². The lowest BCUT2D eigenvalue weighted by molar-refractivity contribution is -0.384. The number of carbonyl (C=O) groups is 1. The summed E-state index contributed by atoms with van der Waals surface area (Å²) in [5.41, 5.74) is -0.906. The first-order valence-corrected chi connectivity index (χ1v) is 4.96. The van der Waals surface area contributed by atoms with Crippen LogP contribution in [-0.2, 0) is 4.79 Å². The minimum atomic E-state index is -2.78. The Kier molecular flexibility index (Phi) is 4.52. The van der Waals surface area contributed by atoms with E-state index in [0.717, 1.165) is 18.2 Å². The molecule has 2 N–H and O–H groups in total. The van der Waals surface area contributed by atoms with Crippen LogP contribution in [0.1, 0.15) is 12.0 Å². The summed E-state index contributed by atoms with van der Waals surface area (Å²) in [6, 6.07) is 3.02. The SMILES string of the molecule is CNC(=O)CNc1ccc(C(F)F)cc1[N+](=O)[O-]. The second-order valence-electron chi connectivity index (χ2n) is 3.36. The van der Waals surface area contributed by atoms with Crippen LogP contribution in [-0.4, -0.2) is 24.4 Å². The standard InChI is InChI=1S/C10H11F2N3O3/c1-13-9(16)5-14-7-3-2-6(10(11)12)4-8(7)15(17)18/h2-4,10,14H,5H2,1H3,(H,13,16). The molecule has 0 bridgehead atoms. The van der Waals surface area contributed by atoms with Gasteiger partial charge in [-0.05, 0) is 6.07 Å². The average Bonchev–Trinajstić information content (AvgIpc) is 2.35. The van der Waals surface area contributed by atoms with E-state index in [4.69, 9.17) is 0 Å². The van der Waals surface area contributed by atoms with Crippen molar-refractivity contribution in [1.82, 2.24) is 5.32 Å². The summed E-state index contributed by atoms with van der Waals surface area (Å²) >= 11 is 0. The van der Waals surface area contributed by atoms with Crippen LogP contribution >= 0.6 is 0 Å². The lowest BCUT2D eigenvalue weighted by Crippen LogP contribution is -2.26. The fraction of sp³-hybridized carbons (Fsp3) is 0.300. The molecule has 8 heteroatoms. The summed E-state index contributed by atoms with van der Waals surface area (Å²) in [5, 5.41) is 15.6. The zero-order valence-corrected chi connectivity index (χ0v) is 9.44. The highest BCUT2D eigenvalue weighted by atomic mass is 19.3. The molecule has 1 aromatic rings. The Bertz CT molecular complexity index is 466. The van der Waals surface area contributed by atoms with E-state index < -0.39 is 22.6 Å². The first-order valence-electron chi connectivity index (χ1n) is 4.96. The summed E-state index contributed by atoms with van der Waals surface area (Å²) in [4.78, 5) is 20.9. The second-order valence-corrected chi connectivity index (χ2v) is 3.36. The highest BCUT2D eigenvalue weighted by Crippen LogP contribution is 2.29. The van der Waals surface area contributed by atoms with Gasteiger partial charge in [-0.25, -0.2) is 8.78 Å². The number of halogens is 2. The number of nitrogens with one attached hydrogen (secondary N) is 2. The second kappa shape index (κ2) is 5.89. The van der Waals surface area contributed by atoms with Crippen LogP contribution in [0.25, 0.3) is 0 Å². The molecule has 0 heterocycles. The Hall–Kier alpha value is -2.25. The zero-order valence-electron chi connectivity index (χ0n) is 9.44. The molecule has 0 radical (unpaired) electrons. The lowest BCUT2D eigenvalue weighted by Gasteiger charge is -2.07. The Morgan fingerprint density at radius 2 is 2.17 bits per heavy atom. The fourth-order valence-corrected chi connectivity index (χ4v) is 1.25. The highest BCUT2D eigenvalue weighted by molar-refractivity contribution is 5.81. The van der Waals surface area contributed by atoms with Gasteiger partial charge in [-0.2, -0.15) is 0 Å². The number of nitrogens with zero attached hydrogens (tertiary/aromatic N) is 1. The van der Waals surface area contributed by atoms with Crippen molar-refractivity contribution in [1.29, 1.82) is 0 Å². The van der Waals surface area contributed by atoms with E-state index in [9.17, 15) is 23.7 Å². The van der Waals surface area contributed by atoms with E-state index in [1.807, 2.05) is 0 Å². The normalized spacial score (nSPS) is 10.2. The van der Waals surface area contributed by atoms with Crippen molar-refractivity contribution in [2.45, 2.75) is 6.43 Å². The minimum Gasteiger partial charge on any atom is -0.371 e. The van der Waals surface area contributed by atoms with Gasteiger partial charge in [0.25, 0.3) is 12.1 Å². The third-order valence-corrected chi connectivity index (χ3v) is 2.19. The van der Waals surface area contributed by atoms with Crippen LogP contribution in [0.3, 0.4) is 0 Å². The van der Waals surface area contributed by atoms with E-state index >= 15 is 0 Å². The maximum Gasteiger partial charge on any atom is 0.292 e. The van der Waals surface area contributed by atoms with Crippen LogP contribution in [0.15, 0.2) is 18.2 Å². The van der Waals surface area contributed by atoms with Crippen molar-refractivity contribution in [2.75, 3.05) is 18.9 Å². The van der Waals surface area contributed by atoms with E-state index in [0.29, 0.717) is 0 Å². The third-order valence-electron chi connectivity index (χ3n) is 2.19. The summed E-state index contributed by atoms with van der Waals surface area (Å²) < 4.78 is 24.8. The third kappa shape index (κ3) is 3.37. The van der Waals surface area contributed by atoms with Crippen molar-refractivity contribution < 1.29 is 18.5 Å². The van der Waals surface area contributed by atoms with Crippen LogP contribution in [0.5, 0.6) is 0 Å². The Balaban J connectivity index is 2.97. The molecule has 0 atom stereocenters. The summed E-state index contributed by atoms with van der Waals surface area (Å²) in [6.07, 6.45) is -2.78. The number of hydrogen-bond donors (Lipinski definition) is 2. The molecule has 18 heavy (non-hydrogen) atoms. The average molecular weight is 259 g/mol. The topological polar surface area (TPSA) is 84.3 Å². The number of alkyl halides is 2. The molecule has 98 valence electrons. The number of nitro benzene ring substituents is 1. The number of rotatable bonds is 5. The highest BCUT2D eigenvalue weighted by Gasteiger charge is 2.18. The molecular formula is C10H11F2N3O3. The largest absolute Gasteiger partial charge is 0.371 e. The predicted octanol–water partition coefficient (Wildman–Crippen LogP) is 1.69. The maximum atomic E-state index is 12.4. The van der Waals surface area contributed by atoms with Crippen LogP contribution in [0, 0.1) is 10.1 Å². The Morgan fingerprint density at radius 3 is 2.67 bits per heavy atom. The fourth-order valence-electron chi connectivity index (χ4n) is 1.25. The Morgan fingerprint density at radius 1 is 1.50 bits per heavy atom. The van der Waals surface area contributed by atoms with Crippen molar-refractivity contribution in [2.24, 2.45) is 0 Å². The molecule has 1 aromatic carbocycles. The van der Waals surface area contributed by atoms with Crippen molar-refractivity contribution >= 4 is 17.3 Å². The molecule has 0 aliphatic rings. The number of carbonyl (C=O) groups excluding carboxylic acids is 1. The van der Waals surface area contributed by atoms with E-state index in [1.54, 1.807) is 0 Å². The van der Waals surface area contributed by atoms with Gasteiger partial charge in [-0.3, -0.25) is 14.9 Å². The summed E-state index contributed by atoms with van der Waals surface area (Å²) in [7, 11) is 1.42. The van der Waals surface area contributed by atoms with Crippen molar-refractivity contribution in [3.63, 3.8) is 0 Å². The van der Waals surface area contributed by atoms with Crippen LogP contribution in [0.2, 0.25) is 0 Å². The van der Waals surface area contributed by atoms with Gasteiger partial charge in [0.15, 0.2) is 0 Å². The molecule has 0 fully saturated rings. The lowest BCUT2D eigenvalue weighted by atomic mass is 10.2. The summed E-state index contributed by atoms with van der Waals surface area (Å²) in [6.45, 7) is -0.175. The molecule has 0 spiro atoms. The molecule has 0 saturated heterocycles. The number of amides is 1. The predicted molar refractivity (Wildman–Crippen MR) is 60.6 cm³/mol. The Labute approximate surface area is 101 Å². The molecule has 0 aliphatic heterocycles. The first kappa shape index (κ1) is 13.8. The van der Waals surface area contributed by atoms with Gasteiger partial charge in [0.2, 0.25) is 5.91 Å². The van der Waals surface area contributed by atoms with Gasteiger partial charge >= 0.3 is 0 Å². The van der Waals surface area contributed by atoms with E-state index in [1.165, 1.54) is 7.05 Å². The molecular weight excluding hydrogens is 248 g/mol. The molecule has 1 rings (SSSR count).